The van der Waals surface area contributed by atoms with Gasteiger partial charge < -0.3 is 20.1 Å². The fraction of sp³-hybridized carbons (Fsp3) is 0.556. The van der Waals surface area contributed by atoms with Crippen molar-refractivity contribution < 1.29 is 29.6 Å². The first-order valence-corrected chi connectivity index (χ1v) is 4.74. The zero-order valence-electron chi connectivity index (χ0n) is 8.16. The maximum Gasteiger partial charge on any atom is 0.256 e. The average Bonchev–Trinajstić information content (AvgIpc) is 2.70. The van der Waals surface area contributed by atoms with Gasteiger partial charge in [0.2, 0.25) is 0 Å². The lowest BCUT2D eigenvalue weighted by Gasteiger charge is -2.13. The quantitative estimate of drug-likeness (QED) is 0.376. The third-order valence-electron chi connectivity index (χ3n) is 2.63. The van der Waals surface area contributed by atoms with Crippen molar-refractivity contribution in [1.82, 2.24) is 5.32 Å². The Hall–Kier alpha value is -1.28. The molecule has 0 aromatic heterocycles. The van der Waals surface area contributed by atoms with Crippen LogP contribution < -0.4 is 5.32 Å². The van der Waals surface area contributed by atoms with Crippen molar-refractivity contribution in [2.45, 2.75) is 24.4 Å². The predicted octanol–water partition coefficient (Wildman–Crippen LogP) is -2.95. The molecule has 2 aliphatic rings. The summed E-state index contributed by atoms with van der Waals surface area (Å²) >= 11 is 0. The van der Waals surface area contributed by atoms with Gasteiger partial charge in [-0.15, -0.1) is 0 Å². The molecule has 2 rings (SSSR count). The largest absolute Gasteiger partial charge is 0.394 e. The highest BCUT2D eigenvalue weighted by Gasteiger charge is 2.46. The van der Waals surface area contributed by atoms with Crippen LogP contribution >= 0.6 is 0 Å². The second-order valence-electron chi connectivity index (χ2n) is 3.68. The van der Waals surface area contributed by atoms with Crippen LogP contribution in [0.3, 0.4) is 0 Å². The maximum absolute atomic E-state index is 11.3. The van der Waals surface area contributed by atoms with E-state index in [0.717, 1.165) is 6.08 Å². The molecule has 0 aliphatic carbocycles. The van der Waals surface area contributed by atoms with E-state index in [4.69, 9.17) is 9.84 Å². The van der Waals surface area contributed by atoms with E-state index in [-0.39, 0.29) is 5.57 Å². The fourth-order valence-electron chi connectivity index (χ4n) is 1.79. The van der Waals surface area contributed by atoms with Gasteiger partial charge in [-0.25, -0.2) is 0 Å². The molecular formula is C9H11NO6. The maximum atomic E-state index is 11.3. The van der Waals surface area contributed by atoms with Crippen molar-refractivity contribution >= 4 is 11.8 Å². The van der Waals surface area contributed by atoms with Gasteiger partial charge >= 0.3 is 0 Å². The van der Waals surface area contributed by atoms with Gasteiger partial charge in [0.25, 0.3) is 11.8 Å². The molecule has 0 spiro atoms. The van der Waals surface area contributed by atoms with Crippen molar-refractivity contribution in [3.05, 3.63) is 11.6 Å². The Kier molecular flexibility index (Phi) is 2.76. The Morgan fingerprint density at radius 1 is 1.31 bits per heavy atom. The number of carbonyl (C=O) groups excluding carboxylic acids is 2. The third-order valence-corrected chi connectivity index (χ3v) is 2.63. The zero-order chi connectivity index (χ0) is 11.9. The molecule has 1 saturated heterocycles. The van der Waals surface area contributed by atoms with Crippen LogP contribution in [0, 0.1) is 0 Å². The van der Waals surface area contributed by atoms with Crippen LogP contribution in [0.25, 0.3) is 0 Å². The van der Waals surface area contributed by atoms with Gasteiger partial charge in [0.1, 0.15) is 24.4 Å². The van der Waals surface area contributed by atoms with E-state index in [1.54, 1.807) is 0 Å². The molecule has 0 bridgehead atoms. The summed E-state index contributed by atoms with van der Waals surface area (Å²) in [6.07, 6.45) is -3.63. The minimum atomic E-state index is -1.33. The van der Waals surface area contributed by atoms with E-state index >= 15 is 0 Å². The Balaban J connectivity index is 2.20. The van der Waals surface area contributed by atoms with Crippen molar-refractivity contribution in [3.63, 3.8) is 0 Å². The van der Waals surface area contributed by atoms with Crippen molar-refractivity contribution in [3.8, 4) is 0 Å². The summed E-state index contributed by atoms with van der Waals surface area (Å²) in [6, 6.07) is 0. The molecule has 0 saturated carbocycles. The molecule has 2 aliphatic heterocycles. The molecule has 2 heterocycles. The van der Waals surface area contributed by atoms with Gasteiger partial charge in [-0.1, -0.05) is 0 Å². The van der Waals surface area contributed by atoms with Gasteiger partial charge in [-0.3, -0.25) is 14.9 Å². The number of carbonyl (C=O) groups is 2. The molecule has 16 heavy (non-hydrogen) atoms. The molecule has 1 fully saturated rings. The van der Waals surface area contributed by atoms with E-state index in [2.05, 4.69) is 0 Å². The van der Waals surface area contributed by atoms with Gasteiger partial charge in [0.05, 0.1) is 12.2 Å². The first-order valence-electron chi connectivity index (χ1n) is 4.74. The highest BCUT2D eigenvalue weighted by Crippen LogP contribution is 2.27. The topological polar surface area (TPSA) is 116 Å². The fourth-order valence-corrected chi connectivity index (χ4v) is 1.79. The van der Waals surface area contributed by atoms with Crippen LogP contribution in [0.4, 0.5) is 0 Å². The third kappa shape index (κ3) is 1.63. The summed E-state index contributed by atoms with van der Waals surface area (Å²) in [7, 11) is 0. The van der Waals surface area contributed by atoms with Crippen LogP contribution in [0.1, 0.15) is 0 Å². The number of hydrogen-bond donors (Lipinski definition) is 4. The first-order chi connectivity index (χ1) is 7.54. The molecule has 0 radical (unpaired) electrons. The summed E-state index contributed by atoms with van der Waals surface area (Å²) in [5.74, 6) is -1.24. The second kappa shape index (κ2) is 3.95. The van der Waals surface area contributed by atoms with Crippen LogP contribution in [0.5, 0.6) is 0 Å². The van der Waals surface area contributed by atoms with E-state index in [0.29, 0.717) is 0 Å². The zero-order valence-corrected chi connectivity index (χ0v) is 8.16. The summed E-state index contributed by atoms with van der Waals surface area (Å²) < 4.78 is 5.11. The molecule has 0 unspecified atom stereocenters. The van der Waals surface area contributed by atoms with Crippen molar-refractivity contribution in [2.24, 2.45) is 0 Å². The lowest BCUT2D eigenvalue weighted by molar-refractivity contribution is -0.124. The Morgan fingerprint density at radius 3 is 2.44 bits per heavy atom. The van der Waals surface area contributed by atoms with Crippen LogP contribution in [0.15, 0.2) is 11.6 Å². The number of nitrogens with one attached hydrogen (secondary N) is 1. The molecular weight excluding hydrogens is 218 g/mol. The molecule has 0 aromatic rings. The number of ether oxygens (including phenoxy) is 1. The standard InChI is InChI=1S/C9H11NO6/c11-2-4-6(13)7(14)8(16-4)3-1-5(12)10-9(3)15/h1,4,6-8,11,13-14H,2H2,(H,10,12,15)/t4-,6+,7-,8-/m0/s1. The second-order valence-corrected chi connectivity index (χ2v) is 3.68. The highest BCUT2D eigenvalue weighted by atomic mass is 16.6. The number of aliphatic hydroxyl groups is 3. The average molecular weight is 229 g/mol. The van der Waals surface area contributed by atoms with E-state index in [1.165, 1.54) is 0 Å². The SMILES string of the molecule is O=C1C=C([C@@H]2O[C@@H](CO)[C@@H](O)[C@@H]2O)C(=O)N1. The first kappa shape index (κ1) is 11.2. The summed E-state index contributed by atoms with van der Waals surface area (Å²) in [5, 5.41) is 29.9. The number of rotatable bonds is 2. The molecule has 0 aromatic carbocycles. The van der Waals surface area contributed by atoms with Gasteiger partial charge in [0, 0.05) is 6.08 Å². The molecule has 4 N–H and O–H groups in total. The molecule has 88 valence electrons. The van der Waals surface area contributed by atoms with Crippen LogP contribution in [-0.2, 0) is 14.3 Å². The monoisotopic (exact) mass is 229 g/mol. The summed E-state index contributed by atoms with van der Waals surface area (Å²) in [5.41, 5.74) is -0.0347. The minimum Gasteiger partial charge on any atom is -0.394 e. The van der Waals surface area contributed by atoms with Crippen LogP contribution in [0.2, 0.25) is 0 Å². The number of amides is 2. The van der Waals surface area contributed by atoms with E-state index in [1.807, 2.05) is 5.32 Å². The van der Waals surface area contributed by atoms with E-state index in [9.17, 15) is 19.8 Å². The smallest absolute Gasteiger partial charge is 0.256 e. The molecule has 7 nitrogen and oxygen atoms in total. The minimum absolute atomic E-state index is 0.0347. The highest BCUT2D eigenvalue weighted by molar-refractivity contribution is 6.16. The summed E-state index contributed by atoms with van der Waals surface area (Å²) in [6.45, 7) is -0.475. The van der Waals surface area contributed by atoms with Crippen molar-refractivity contribution in [1.29, 1.82) is 0 Å². The number of aliphatic hydroxyl groups excluding tert-OH is 3. The normalized spacial score (nSPS) is 38.8. The Bertz CT molecular complexity index is 365. The number of hydrogen-bond acceptors (Lipinski definition) is 6. The van der Waals surface area contributed by atoms with Crippen molar-refractivity contribution in [2.75, 3.05) is 6.61 Å². The Labute approximate surface area is 90.3 Å². The summed E-state index contributed by atoms with van der Waals surface area (Å²) in [4.78, 5) is 22.2. The molecule has 2 amide bonds. The number of imide groups is 1. The molecule has 4 atom stereocenters. The van der Waals surface area contributed by atoms with E-state index < -0.39 is 42.8 Å². The Morgan fingerprint density at radius 2 is 2.00 bits per heavy atom. The van der Waals surface area contributed by atoms with Crippen LogP contribution in [-0.4, -0.2) is 58.2 Å². The lowest BCUT2D eigenvalue weighted by Crippen LogP contribution is -2.36. The predicted molar refractivity (Wildman–Crippen MR) is 49.0 cm³/mol. The molecule has 7 heteroatoms. The van der Waals surface area contributed by atoms with Gasteiger partial charge in [-0.05, 0) is 0 Å². The van der Waals surface area contributed by atoms with Gasteiger partial charge in [-0.2, -0.15) is 0 Å². The lowest BCUT2D eigenvalue weighted by atomic mass is 10.0. The van der Waals surface area contributed by atoms with Gasteiger partial charge in [0.15, 0.2) is 0 Å².